The van der Waals surface area contributed by atoms with E-state index in [-0.39, 0.29) is 5.60 Å². The maximum atomic E-state index is 9.90. The first-order valence-electron chi connectivity index (χ1n) is 8.01. The molecule has 3 aromatic rings. The lowest BCUT2D eigenvalue weighted by Crippen LogP contribution is -2.33. The molecular weight excluding hydrogens is 334 g/mol. The average Bonchev–Trinajstić information content (AvgIpc) is 2.97. The topological polar surface area (TPSA) is 78.1 Å². The van der Waals surface area contributed by atoms with Crippen LogP contribution in [0, 0.1) is 16.1 Å². The van der Waals surface area contributed by atoms with Gasteiger partial charge >= 0.3 is 0 Å². The normalized spacial score (nSPS) is 15.6. The summed E-state index contributed by atoms with van der Waals surface area (Å²) in [6.45, 7) is 4.47. The molecule has 126 valence electrons. The molecule has 25 heavy (non-hydrogen) atoms. The van der Waals surface area contributed by atoms with E-state index in [9.17, 15) is 5.26 Å². The molecule has 0 spiro atoms. The van der Waals surface area contributed by atoms with E-state index < -0.39 is 0 Å². The lowest BCUT2D eigenvalue weighted by atomic mass is 9.89. The lowest BCUT2D eigenvalue weighted by Gasteiger charge is -2.33. The highest BCUT2D eigenvalue weighted by Crippen LogP contribution is 2.36. The van der Waals surface area contributed by atoms with Crippen LogP contribution in [0.15, 0.2) is 30.3 Å². The Hall–Kier alpha value is -2.69. The van der Waals surface area contributed by atoms with Crippen molar-refractivity contribution >= 4 is 29.4 Å². The minimum atomic E-state index is -0.325. The van der Waals surface area contributed by atoms with E-state index >= 15 is 0 Å². The van der Waals surface area contributed by atoms with Crippen molar-refractivity contribution in [3.63, 3.8) is 0 Å². The van der Waals surface area contributed by atoms with Crippen LogP contribution in [0.2, 0.25) is 0 Å². The van der Waals surface area contributed by atoms with Crippen molar-refractivity contribution in [2.24, 2.45) is 0 Å². The molecule has 1 aromatic carbocycles. The Morgan fingerprint density at radius 1 is 1.32 bits per heavy atom. The third-order valence-electron chi connectivity index (χ3n) is 4.43. The first-order valence-corrected chi connectivity index (χ1v) is 8.42. The summed E-state index contributed by atoms with van der Waals surface area (Å²) < 4.78 is 8.16. The monoisotopic (exact) mass is 351 g/mol. The van der Waals surface area contributed by atoms with Gasteiger partial charge in [-0.1, -0.05) is 18.2 Å². The molecule has 6 nitrogen and oxygen atoms in total. The molecule has 4 rings (SSSR count). The van der Waals surface area contributed by atoms with Crippen LogP contribution >= 0.6 is 12.2 Å². The van der Waals surface area contributed by atoms with Crippen LogP contribution in [-0.4, -0.2) is 20.2 Å². The SMILES string of the molecule is CC1(C)Cc2c(C#N)c(Nc3ccccc3)n3c(=S)[nH]nc3c2CO1. The van der Waals surface area contributed by atoms with Gasteiger partial charge < -0.3 is 10.1 Å². The molecule has 7 heteroatoms. The lowest BCUT2D eigenvalue weighted by molar-refractivity contribution is -0.0397. The molecule has 0 unspecified atom stereocenters. The van der Waals surface area contributed by atoms with Crippen molar-refractivity contribution in [3.8, 4) is 6.07 Å². The number of anilines is 2. The predicted octanol–water partition coefficient (Wildman–Crippen LogP) is 3.86. The number of fused-ring (bicyclic) bond motifs is 3. The number of para-hydroxylation sites is 1. The summed E-state index contributed by atoms with van der Waals surface area (Å²) >= 11 is 5.40. The van der Waals surface area contributed by atoms with Crippen molar-refractivity contribution in [3.05, 3.63) is 51.8 Å². The largest absolute Gasteiger partial charge is 0.370 e. The van der Waals surface area contributed by atoms with Gasteiger partial charge in [0.05, 0.1) is 17.8 Å². The molecule has 0 saturated carbocycles. The van der Waals surface area contributed by atoms with Gasteiger partial charge in [0.25, 0.3) is 0 Å². The van der Waals surface area contributed by atoms with E-state index in [1.807, 2.05) is 44.2 Å². The van der Waals surface area contributed by atoms with Gasteiger partial charge in [0, 0.05) is 17.7 Å². The molecule has 0 saturated heterocycles. The fourth-order valence-corrected chi connectivity index (χ4v) is 3.46. The molecular formula is C18H17N5OS. The van der Waals surface area contributed by atoms with Gasteiger partial charge in [-0.25, -0.2) is 0 Å². The summed E-state index contributed by atoms with van der Waals surface area (Å²) in [5, 5.41) is 20.5. The maximum Gasteiger partial charge on any atom is 0.201 e. The standard InChI is InChI=1S/C18H17N5OS/c1-18(2)8-12-13(9-19)15(20-11-6-4-3-5-7-11)23-16(14(12)10-24-18)21-22-17(23)25/h3-7,20H,8,10H2,1-2H3,(H,22,25). The highest BCUT2D eigenvalue weighted by atomic mass is 32.1. The fourth-order valence-electron chi connectivity index (χ4n) is 3.24. The van der Waals surface area contributed by atoms with Gasteiger partial charge in [-0.15, -0.1) is 0 Å². The van der Waals surface area contributed by atoms with Crippen LogP contribution in [0.1, 0.15) is 30.5 Å². The van der Waals surface area contributed by atoms with Crippen molar-refractivity contribution in [1.82, 2.24) is 14.6 Å². The molecule has 3 heterocycles. The van der Waals surface area contributed by atoms with Crippen LogP contribution in [0.3, 0.4) is 0 Å². The van der Waals surface area contributed by atoms with Crippen molar-refractivity contribution in [2.45, 2.75) is 32.5 Å². The zero-order valence-electron chi connectivity index (χ0n) is 14.0. The minimum Gasteiger partial charge on any atom is -0.370 e. The predicted molar refractivity (Wildman–Crippen MR) is 97.4 cm³/mol. The van der Waals surface area contributed by atoms with E-state index in [1.165, 1.54) is 0 Å². The van der Waals surface area contributed by atoms with Gasteiger partial charge in [0.15, 0.2) is 5.65 Å². The maximum absolute atomic E-state index is 9.90. The van der Waals surface area contributed by atoms with Gasteiger partial charge in [0.2, 0.25) is 4.77 Å². The second-order valence-corrected chi connectivity index (χ2v) is 7.08. The first-order chi connectivity index (χ1) is 12.0. The number of aromatic amines is 1. The van der Waals surface area contributed by atoms with E-state index in [2.05, 4.69) is 21.6 Å². The first kappa shape index (κ1) is 15.8. The Kier molecular flexibility index (Phi) is 3.60. The van der Waals surface area contributed by atoms with Crippen molar-refractivity contribution < 1.29 is 4.74 Å². The molecule has 0 atom stereocenters. The van der Waals surface area contributed by atoms with E-state index in [0.29, 0.717) is 34.8 Å². The minimum absolute atomic E-state index is 0.325. The summed E-state index contributed by atoms with van der Waals surface area (Å²) in [6.07, 6.45) is 0.644. The summed E-state index contributed by atoms with van der Waals surface area (Å²) in [4.78, 5) is 0. The van der Waals surface area contributed by atoms with Gasteiger partial charge in [-0.05, 0) is 43.8 Å². The zero-order valence-corrected chi connectivity index (χ0v) is 14.8. The summed E-state index contributed by atoms with van der Waals surface area (Å²) in [5.41, 5.74) is 3.73. The summed E-state index contributed by atoms with van der Waals surface area (Å²) in [6, 6.07) is 12.1. The summed E-state index contributed by atoms with van der Waals surface area (Å²) in [7, 11) is 0. The van der Waals surface area contributed by atoms with E-state index in [4.69, 9.17) is 17.0 Å². The molecule has 0 aliphatic carbocycles. The zero-order chi connectivity index (χ0) is 17.6. The molecule has 0 radical (unpaired) electrons. The van der Waals surface area contributed by atoms with Crippen LogP contribution in [-0.2, 0) is 17.8 Å². The smallest absolute Gasteiger partial charge is 0.201 e. The van der Waals surface area contributed by atoms with Gasteiger partial charge in [0.1, 0.15) is 11.9 Å². The van der Waals surface area contributed by atoms with Crippen LogP contribution in [0.4, 0.5) is 11.5 Å². The summed E-state index contributed by atoms with van der Waals surface area (Å²) in [5.74, 6) is 0.638. The molecule has 1 aliphatic rings. The number of ether oxygens (including phenoxy) is 1. The molecule has 1 aliphatic heterocycles. The number of benzene rings is 1. The molecule has 0 bridgehead atoms. The third kappa shape index (κ3) is 2.60. The fraction of sp³-hybridized carbons (Fsp3) is 0.278. The molecule has 2 N–H and O–H groups in total. The quantitative estimate of drug-likeness (QED) is 0.686. The number of nitrogens with one attached hydrogen (secondary N) is 2. The molecule has 2 aromatic heterocycles. The third-order valence-corrected chi connectivity index (χ3v) is 4.70. The van der Waals surface area contributed by atoms with E-state index in [0.717, 1.165) is 16.8 Å². The van der Waals surface area contributed by atoms with Crippen LogP contribution < -0.4 is 5.32 Å². The number of hydrogen-bond acceptors (Lipinski definition) is 5. The number of nitrogens with zero attached hydrogens (tertiary/aromatic N) is 3. The number of aromatic nitrogens is 3. The number of nitriles is 1. The Morgan fingerprint density at radius 2 is 2.08 bits per heavy atom. The van der Waals surface area contributed by atoms with Crippen molar-refractivity contribution in [1.29, 1.82) is 5.26 Å². The molecule has 0 amide bonds. The Bertz CT molecular complexity index is 1060. The second kappa shape index (κ2) is 5.69. The second-order valence-electron chi connectivity index (χ2n) is 6.70. The number of H-pyrrole nitrogens is 1. The van der Waals surface area contributed by atoms with Gasteiger partial charge in [-0.2, -0.15) is 10.4 Å². The highest BCUT2D eigenvalue weighted by molar-refractivity contribution is 7.71. The highest BCUT2D eigenvalue weighted by Gasteiger charge is 2.32. The van der Waals surface area contributed by atoms with Crippen LogP contribution in [0.25, 0.3) is 5.65 Å². The Morgan fingerprint density at radius 3 is 2.80 bits per heavy atom. The number of rotatable bonds is 2. The van der Waals surface area contributed by atoms with Crippen molar-refractivity contribution in [2.75, 3.05) is 5.32 Å². The average molecular weight is 351 g/mol. The number of hydrogen-bond donors (Lipinski definition) is 2. The van der Waals surface area contributed by atoms with Crippen LogP contribution in [0.5, 0.6) is 0 Å². The van der Waals surface area contributed by atoms with E-state index in [1.54, 1.807) is 4.40 Å². The Labute approximate surface area is 150 Å². The van der Waals surface area contributed by atoms with Gasteiger partial charge in [-0.3, -0.25) is 9.50 Å². The number of pyridine rings is 1. The Balaban J connectivity index is 2.03. The molecule has 0 fully saturated rings.